The highest BCUT2D eigenvalue weighted by Crippen LogP contribution is 2.31. The number of rotatable bonds is 3. The molecular weight excluding hydrogens is 278 g/mol. The Kier molecular flexibility index (Phi) is 3.81. The number of nitrogens with one attached hydrogen (secondary N) is 1. The average Bonchev–Trinajstić information content (AvgIpc) is 2.85. The molecule has 0 spiro atoms. The summed E-state index contributed by atoms with van der Waals surface area (Å²) in [6, 6.07) is 6.00. The molecule has 0 saturated carbocycles. The minimum atomic E-state index is -0.455. The maximum atomic E-state index is 10.7. The third kappa shape index (κ3) is 2.74. The van der Waals surface area contributed by atoms with Crippen LogP contribution in [0.1, 0.15) is 25.7 Å². The van der Waals surface area contributed by atoms with Gasteiger partial charge < -0.3 is 10.2 Å². The minimum absolute atomic E-state index is 0.0390. The minimum Gasteiger partial charge on any atom is -0.382 e. The lowest BCUT2D eigenvalue weighted by molar-refractivity contribution is -0.384. The number of halogens is 1. The zero-order valence-electron chi connectivity index (χ0n) is 11.2. The van der Waals surface area contributed by atoms with Crippen LogP contribution in [0, 0.1) is 10.1 Å². The molecule has 2 fully saturated rings. The lowest BCUT2D eigenvalue weighted by Crippen LogP contribution is -2.42. The molecule has 2 unspecified atom stereocenters. The van der Waals surface area contributed by atoms with Gasteiger partial charge in [0, 0.05) is 30.4 Å². The van der Waals surface area contributed by atoms with E-state index in [2.05, 4.69) is 10.2 Å². The van der Waals surface area contributed by atoms with Gasteiger partial charge in [0.2, 0.25) is 0 Å². The van der Waals surface area contributed by atoms with Crippen LogP contribution in [0.2, 0.25) is 5.02 Å². The SMILES string of the molecule is O=[N+]([O-])c1ccc(NC2CCN3CCCC3C2)cc1Cl. The molecular formula is C14H18ClN3O2. The Morgan fingerprint density at radius 1 is 1.35 bits per heavy atom. The van der Waals surface area contributed by atoms with Crippen molar-refractivity contribution in [1.29, 1.82) is 0 Å². The summed E-state index contributed by atoms with van der Waals surface area (Å²) in [6.45, 7) is 2.38. The van der Waals surface area contributed by atoms with Gasteiger partial charge >= 0.3 is 0 Å². The van der Waals surface area contributed by atoms with Gasteiger partial charge in [-0.05, 0) is 44.4 Å². The quantitative estimate of drug-likeness (QED) is 0.687. The number of anilines is 1. The van der Waals surface area contributed by atoms with Gasteiger partial charge in [-0.1, -0.05) is 11.6 Å². The van der Waals surface area contributed by atoms with Crippen LogP contribution in [0.25, 0.3) is 0 Å². The summed E-state index contributed by atoms with van der Waals surface area (Å²) < 4.78 is 0. The first kappa shape index (κ1) is 13.6. The Hall–Kier alpha value is -1.33. The number of fused-ring (bicyclic) bond motifs is 1. The Balaban J connectivity index is 1.66. The molecule has 0 amide bonds. The van der Waals surface area contributed by atoms with Gasteiger partial charge in [0.15, 0.2) is 0 Å². The molecule has 6 heteroatoms. The van der Waals surface area contributed by atoms with Gasteiger partial charge in [0.1, 0.15) is 5.02 Å². The van der Waals surface area contributed by atoms with E-state index in [-0.39, 0.29) is 10.7 Å². The van der Waals surface area contributed by atoms with E-state index < -0.39 is 4.92 Å². The van der Waals surface area contributed by atoms with Crippen molar-refractivity contribution in [1.82, 2.24) is 4.90 Å². The number of piperidine rings is 1. The Labute approximate surface area is 123 Å². The molecule has 1 aromatic rings. The Morgan fingerprint density at radius 3 is 2.95 bits per heavy atom. The highest BCUT2D eigenvalue weighted by Gasteiger charge is 2.31. The molecule has 0 aliphatic carbocycles. The van der Waals surface area contributed by atoms with E-state index in [1.807, 2.05) is 0 Å². The lowest BCUT2D eigenvalue weighted by atomic mass is 9.97. The molecule has 108 valence electrons. The molecule has 2 saturated heterocycles. The van der Waals surface area contributed by atoms with Crippen LogP contribution in [-0.2, 0) is 0 Å². The van der Waals surface area contributed by atoms with Gasteiger partial charge in [-0.3, -0.25) is 10.1 Å². The van der Waals surface area contributed by atoms with E-state index in [1.165, 1.54) is 25.5 Å². The number of nitro groups is 1. The van der Waals surface area contributed by atoms with E-state index in [9.17, 15) is 10.1 Å². The number of benzene rings is 1. The molecule has 2 aliphatic heterocycles. The second kappa shape index (κ2) is 5.58. The summed E-state index contributed by atoms with van der Waals surface area (Å²) in [4.78, 5) is 12.9. The second-order valence-corrected chi connectivity index (χ2v) is 6.03. The predicted molar refractivity (Wildman–Crippen MR) is 79.3 cm³/mol. The van der Waals surface area contributed by atoms with Crippen LogP contribution in [0.4, 0.5) is 11.4 Å². The largest absolute Gasteiger partial charge is 0.382 e. The summed E-state index contributed by atoms with van der Waals surface area (Å²) in [5, 5.41) is 14.4. The van der Waals surface area contributed by atoms with Crippen molar-refractivity contribution in [2.75, 3.05) is 18.4 Å². The van der Waals surface area contributed by atoms with Crippen molar-refractivity contribution < 1.29 is 4.92 Å². The molecule has 0 aromatic heterocycles. The highest BCUT2D eigenvalue weighted by molar-refractivity contribution is 6.32. The number of hydrogen-bond acceptors (Lipinski definition) is 4. The lowest BCUT2D eigenvalue weighted by Gasteiger charge is -2.35. The fourth-order valence-electron chi connectivity index (χ4n) is 3.34. The van der Waals surface area contributed by atoms with Gasteiger partial charge in [0.25, 0.3) is 5.69 Å². The molecule has 5 nitrogen and oxygen atoms in total. The molecule has 0 bridgehead atoms. The van der Waals surface area contributed by atoms with Crippen molar-refractivity contribution in [3.63, 3.8) is 0 Å². The van der Waals surface area contributed by atoms with E-state index in [0.29, 0.717) is 12.1 Å². The van der Waals surface area contributed by atoms with Crippen LogP contribution in [0.15, 0.2) is 18.2 Å². The maximum absolute atomic E-state index is 10.7. The molecule has 0 radical (unpaired) electrons. The fourth-order valence-corrected chi connectivity index (χ4v) is 3.59. The first-order valence-corrected chi connectivity index (χ1v) is 7.46. The first-order valence-electron chi connectivity index (χ1n) is 7.08. The Bertz CT molecular complexity index is 523. The zero-order valence-corrected chi connectivity index (χ0v) is 12.0. The molecule has 3 rings (SSSR count). The van der Waals surface area contributed by atoms with E-state index in [1.54, 1.807) is 12.1 Å². The monoisotopic (exact) mass is 295 g/mol. The van der Waals surface area contributed by atoms with Crippen molar-refractivity contribution in [2.45, 2.75) is 37.8 Å². The molecule has 2 atom stereocenters. The Morgan fingerprint density at radius 2 is 2.20 bits per heavy atom. The topological polar surface area (TPSA) is 58.4 Å². The van der Waals surface area contributed by atoms with Crippen LogP contribution >= 0.6 is 11.6 Å². The molecule has 1 N–H and O–H groups in total. The third-order valence-corrected chi connectivity index (χ3v) is 4.64. The van der Waals surface area contributed by atoms with Gasteiger partial charge in [0.05, 0.1) is 4.92 Å². The van der Waals surface area contributed by atoms with Gasteiger partial charge in [-0.2, -0.15) is 0 Å². The number of nitro benzene ring substituents is 1. The van der Waals surface area contributed by atoms with Gasteiger partial charge in [-0.15, -0.1) is 0 Å². The van der Waals surface area contributed by atoms with Crippen molar-refractivity contribution in [3.8, 4) is 0 Å². The van der Waals surface area contributed by atoms with Gasteiger partial charge in [-0.25, -0.2) is 0 Å². The summed E-state index contributed by atoms with van der Waals surface area (Å²) >= 11 is 5.94. The third-order valence-electron chi connectivity index (χ3n) is 4.34. The average molecular weight is 296 g/mol. The number of hydrogen-bond donors (Lipinski definition) is 1. The molecule has 20 heavy (non-hydrogen) atoms. The summed E-state index contributed by atoms with van der Waals surface area (Å²) in [7, 11) is 0. The van der Waals surface area contributed by atoms with E-state index in [4.69, 9.17) is 11.6 Å². The molecule has 1 aromatic carbocycles. The van der Waals surface area contributed by atoms with Crippen molar-refractivity contribution >= 4 is 23.0 Å². The fraction of sp³-hybridized carbons (Fsp3) is 0.571. The second-order valence-electron chi connectivity index (χ2n) is 5.62. The van der Waals surface area contributed by atoms with Crippen LogP contribution in [-0.4, -0.2) is 35.0 Å². The van der Waals surface area contributed by atoms with E-state index >= 15 is 0 Å². The number of nitrogens with zero attached hydrogens (tertiary/aromatic N) is 2. The highest BCUT2D eigenvalue weighted by atomic mass is 35.5. The molecule has 2 aliphatic rings. The smallest absolute Gasteiger partial charge is 0.288 e. The van der Waals surface area contributed by atoms with Crippen LogP contribution in [0.5, 0.6) is 0 Å². The van der Waals surface area contributed by atoms with Crippen molar-refractivity contribution in [3.05, 3.63) is 33.3 Å². The predicted octanol–water partition coefficient (Wildman–Crippen LogP) is 3.29. The summed E-state index contributed by atoms with van der Waals surface area (Å²) in [5.41, 5.74) is 0.833. The van der Waals surface area contributed by atoms with Crippen LogP contribution < -0.4 is 5.32 Å². The first-order chi connectivity index (χ1) is 9.63. The van der Waals surface area contributed by atoms with E-state index in [0.717, 1.165) is 25.1 Å². The summed E-state index contributed by atoms with van der Waals surface area (Å²) in [5.74, 6) is 0. The van der Waals surface area contributed by atoms with Crippen molar-refractivity contribution in [2.24, 2.45) is 0 Å². The normalized spacial score (nSPS) is 26.2. The summed E-state index contributed by atoms with van der Waals surface area (Å²) in [6.07, 6.45) is 4.86. The zero-order chi connectivity index (χ0) is 14.1. The molecule has 2 heterocycles. The maximum Gasteiger partial charge on any atom is 0.288 e. The van der Waals surface area contributed by atoms with Crippen LogP contribution in [0.3, 0.4) is 0 Å². The standard InChI is InChI=1S/C14H18ClN3O2/c15-13-9-10(3-4-14(13)18(19)20)16-11-5-7-17-6-1-2-12(17)8-11/h3-4,9,11-12,16H,1-2,5-8H2.